The molecular formula is C23H15FN4O2. The number of hydrogen-bond acceptors (Lipinski definition) is 6. The molecule has 0 atom stereocenters. The Morgan fingerprint density at radius 2 is 1.73 bits per heavy atom. The van der Waals surface area contributed by atoms with Crippen molar-refractivity contribution in [2.24, 2.45) is 0 Å². The number of aromatic nitrogens is 3. The Balaban J connectivity index is 1.35. The molecule has 146 valence electrons. The van der Waals surface area contributed by atoms with Gasteiger partial charge in [-0.15, -0.1) is 0 Å². The number of fused-ring (bicyclic) bond motifs is 1. The summed E-state index contributed by atoms with van der Waals surface area (Å²) in [5.74, 6) is 0.410. The molecule has 0 amide bonds. The molecule has 0 radical (unpaired) electrons. The third-order valence-electron chi connectivity index (χ3n) is 4.42. The van der Waals surface area contributed by atoms with E-state index in [4.69, 9.17) is 9.15 Å². The zero-order valence-corrected chi connectivity index (χ0v) is 15.6. The van der Waals surface area contributed by atoms with Crippen molar-refractivity contribution in [2.75, 3.05) is 5.32 Å². The molecule has 0 fully saturated rings. The molecule has 5 aromatic rings. The van der Waals surface area contributed by atoms with Crippen molar-refractivity contribution in [1.29, 1.82) is 0 Å². The summed E-state index contributed by atoms with van der Waals surface area (Å²) in [6.07, 6.45) is 3.04. The van der Waals surface area contributed by atoms with E-state index in [1.165, 1.54) is 12.3 Å². The molecule has 0 aliphatic carbocycles. The number of halogens is 1. The lowest BCUT2D eigenvalue weighted by Crippen LogP contribution is -1.93. The molecule has 5 rings (SSSR count). The zero-order valence-electron chi connectivity index (χ0n) is 15.6. The summed E-state index contributed by atoms with van der Waals surface area (Å²) in [5, 5.41) is 3.13. The third kappa shape index (κ3) is 3.68. The highest BCUT2D eigenvalue weighted by atomic mass is 19.1. The first kappa shape index (κ1) is 17.8. The molecular weight excluding hydrogens is 383 g/mol. The van der Waals surface area contributed by atoms with Crippen molar-refractivity contribution in [3.63, 3.8) is 0 Å². The van der Waals surface area contributed by atoms with Gasteiger partial charge in [0.05, 0.1) is 0 Å². The summed E-state index contributed by atoms with van der Waals surface area (Å²) in [6.45, 7) is 0. The van der Waals surface area contributed by atoms with Gasteiger partial charge in [0.2, 0.25) is 11.8 Å². The van der Waals surface area contributed by atoms with E-state index in [1.807, 2.05) is 42.5 Å². The van der Waals surface area contributed by atoms with Gasteiger partial charge in [-0.1, -0.05) is 12.1 Å². The van der Waals surface area contributed by atoms with Crippen molar-refractivity contribution in [2.45, 2.75) is 0 Å². The summed E-state index contributed by atoms with van der Waals surface area (Å²) in [6, 6.07) is 21.9. The second-order valence-corrected chi connectivity index (χ2v) is 6.46. The minimum Gasteiger partial charge on any atom is -0.438 e. The van der Waals surface area contributed by atoms with Gasteiger partial charge in [-0.05, 0) is 60.2 Å². The number of para-hydroxylation sites is 2. The lowest BCUT2D eigenvalue weighted by atomic mass is 10.1. The van der Waals surface area contributed by atoms with Gasteiger partial charge in [0.15, 0.2) is 5.58 Å². The second-order valence-electron chi connectivity index (χ2n) is 6.46. The summed E-state index contributed by atoms with van der Waals surface area (Å²) >= 11 is 0. The first-order valence-corrected chi connectivity index (χ1v) is 9.22. The van der Waals surface area contributed by atoms with Crippen LogP contribution in [-0.2, 0) is 0 Å². The van der Waals surface area contributed by atoms with Gasteiger partial charge < -0.3 is 14.5 Å². The number of anilines is 2. The monoisotopic (exact) mass is 398 g/mol. The fourth-order valence-electron chi connectivity index (χ4n) is 3.03. The summed E-state index contributed by atoms with van der Waals surface area (Å²) in [7, 11) is 0. The van der Waals surface area contributed by atoms with Crippen LogP contribution in [0, 0.1) is 5.95 Å². The van der Waals surface area contributed by atoms with E-state index in [0.717, 1.165) is 16.8 Å². The minimum absolute atomic E-state index is 0.378. The molecule has 0 unspecified atom stereocenters. The van der Waals surface area contributed by atoms with Crippen LogP contribution in [0.5, 0.6) is 11.6 Å². The molecule has 0 bridgehead atoms. The third-order valence-corrected chi connectivity index (χ3v) is 4.42. The molecule has 30 heavy (non-hydrogen) atoms. The van der Waals surface area contributed by atoms with Crippen molar-refractivity contribution in [3.8, 4) is 22.8 Å². The summed E-state index contributed by atoms with van der Waals surface area (Å²) in [4.78, 5) is 12.3. The Kier molecular flexibility index (Phi) is 4.53. The van der Waals surface area contributed by atoms with E-state index in [2.05, 4.69) is 20.3 Å². The molecule has 2 aromatic carbocycles. The minimum atomic E-state index is -0.558. The van der Waals surface area contributed by atoms with Crippen molar-refractivity contribution < 1.29 is 13.5 Å². The number of hydrogen-bond donors (Lipinski definition) is 1. The van der Waals surface area contributed by atoms with Crippen LogP contribution in [0.2, 0.25) is 0 Å². The normalized spacial score (nSPS) is 10.8. The smallest absolute Gasteiger partial charge is 0.300 e. The highest BCUT2D eigenvalue weighted by Gasteiger charge is 2.10. The van der Waals surface area contributed by atoms with Crippen LogP contribution in [0.15, 0.2) is 89.6 Å². The number of benzene rings is 2. The molecule has 0 saturated carbocycles. The van der Waals surface area contributed by atoms with Crippen LogP contribution in [0.25, 0.3) is 22.2 Å². The van der Waals surface area contributed by atoms with Gasteiger partial charge in [-0.25, -0.2) is 9.97 Å². The summed E-state index contributed by atoms with van der Waals surface area (Å²) in [5.41, 5.74) is 3.61. The number of pyridine rings is 2. The zero-order chi connectivity index (χ0) is 20.3. The van der Waals surface area contributed by atoms with Crippen molar-refractivity contribution >= 4 is 22.8 Å². The summed E-state index contributed by atoms with van der Waals surface area (Å²) < 4.78 is 25.1. The van der Waals surface area contributed by atoms with Crippen molar-refractivity contribution in [3.05, 3.63) is 91.1 Å². The number of rotatable bonds is 5. The maximum absolute atomic E-state index is 13.5. The van der Waals surface area contributed by atoms with E-state index < -0.39 is 5.95 Å². The highest BCUT2D eigenvalue weighted by molar-refractivity contribution is 5.75. The maximum Gasteiger partial charge on any atom is 0.300 e. The number of ether oxygens (including phenoxy) is 1. The lowest BCUT2D eigenvalue weighted by molar-refractivity contribution is 0.465. The van der Waals surface area contributed by atoms with Gasteiger partial charge in [0.25, 0.3) is 6.01 Å². The first-order valence-electron chi connectivity index (χ1n) is 9.22. The van der Waals surface area contributed by atoms with Crippen LogP contribution in [0.1, 0.15) is 0 Å². The fraction of sp³-hybridized carbons (Fsp3) is 0. The molecule has 0 aliphatic heterocycles. The Morgan fingerprint density at radius 1 is 0.867 bits per heavy atom. The number of oxazole rings is 1. The number of nitrogens with zero attached hydrogens (tertiary/aromatic N) is 3. The average molecular weight is 398 g/mol. The van der Waals surface area contributed by atoms with Gasteiger partial charge in [-0.3, -0.25) is 0 Å². The Hall–Kier alpha value is -4.26. The molecule has 3 aromatic heterocycles. The van der Waals surface area contributed by atoms with Crippen LogP contribution in [0.3, 0.4) is 0 Å². The molecule has 7 heteroatoms. The van der Waals surface area contributed by atoms with Crippen LogP contribution < -0.4 is 10.1 Å². The lowest BCUT2D eigenvalue weighted by Gasteiger charge is -2.10. The predicted octanol–water partition coefficient (Wildman–Crippen LogP) is 5.96. The van der Waals surface area contributed by atoms with Crippen LogP contribution in [-0.4, -0.2) is 15.0 Å². The standard InChI is InChI=1S/C23H15FN4O2/c24-21-14-15(11-13-25-21)18-4-3-12-26-22(18)29-17-9-7-16(8-10-17)27-23-28-19-5-1-2-6-20(19)30-23/h1-14H,(H,27,28). The quantitative estimate of drug-likeness (QED) is 0.368. The SMILES string of the molecule is Fc1cc(-c2cccnc2Oc2ccc(Nc3nc4ccccc4o3)cc2)ccn1. The first-order chi connectivity index (χ1) is 14.7. The topological polar surface area (TPSA) is 73.1 Å². The van der Waals surface area contributed by atoms with E-state index in [0.29, 0.717) is 28.8 Å². The van der Waals surface area contributed by atoms with Gasteiger partial charge in [0, 0.05) is 29.7 Å². The van der Waals surface area contributed by atoms with Crippen LogP contribution in [0.4, 0.5) is 16.1 Å². The predicted molar refractivity (Wildman–Crippen MR) is 111 cm³/mol. The van der Waals surface area contributed by atoms with E-state index in [-0.39, 0.29) is 0 Å². The highest BCUT2D eigenvalue weighted by Crippen LogP contribution is 2.32. The second kappa shape index (κ2) is 7.63. The van der Waals surface area contributed by atoms with Crippen LogP contribution >= 0.6 is 0 Å². The molecule has 3 heterocycles. The van der Waals surface area contributed by atoms with Crippen molar-refractivity contribution in [1.82, 2.24) is 15.0 Å². The van der Waals surface area contributed by atoms with E-state index in [9.17, 15) is 4.39 Å². The van der Waals surface area contributed by atoms with Gasteiger partial charge in [0.1, 0.15) is 11.3 Å². The Morgan fingerprint density at radius 3 is 2.57 bits per heavy atom. The maximum atomic E-state index is 13.5. The molecule has 0 saturated heterocycles. The molecule has 6 nitrogen and oxygen atoms in total. The number of nitrogens with one attached hydrogen (secondary N) is 1. The van der Waals surface area contributed by atoms with E-state index in [1.54, 1.807) is 30.5 Å². The molecule has 0 spiro atoms. The average Bonchev–Trinajstić information content (AvgIpc) is 3.18. The van der Waals surface area contributed by atoms with E-state index >= 15 is 0 Å². The molecule has 0 aliphatic rings. The Labute approximate surface area is 171 Å². The van der Waals surface area contributed by atoms with Gasteiger partial charge >= 0.3 is 0 Å². The Bertz CT molecular complexity index is 1290. The largest absolute Gasteiger partial charge is 0.438 e. The van der Waals surface area contributed by atoms with Gasteiger partial charge in [-0.2, -0.15) is 9.37 Å². The molecule has 1 N–H and O–H groups in total. The fourth-order valence-corrected chi connectivity index (χ4v) is 3.03.